The van der Waals surface area contributed by atoms with Crippen LogP contribution in [0.25, 0.3) is 5.69 Å². The summed E-state index contributed by atoms with van der Waals surface area (Å²) in [7, 11) is 0. The van der Waals surface area contributed by atoms with Crippen molar-refractivity contribution >= 4 is 11.6 Å². The second-order valence-electron chi connectivity index (χ2n) is 5.17. The van der Waals surface area contributed by atoms with Crippen molar-refractivity contribution in [1.82, 2.24) is 15.1 Å². The summed E-state index contributed by atoms with van der Waals surface area (Å²) in [4.78, 5) is 0. The smallest absolute Gasteiger partial charge is 0.0663 e. The molecule has 0 fully saturated rings. The molecule has 1 heterocycles. The lowest BCUT2D eigenvalue weighted by Gasteiger charge is -2.08. The molecule has 0 atom stereocenters. The molecule has 102 valence electrons. The van der Waals surface area contributed by atoms with Crippen molar-refractivity contribution in [1.29, 1.82) is 0 Å². The van der Waals surface area contributed by atoms with Crippen molar-refractivity contribution in [3.8, 4) is 5.69 Å². The van der Waals surface area contributed by atoms with Crippen LogP contribution in [0, 0.1) is 12.8 Å². The Morgan fingerprint density at radius 1 is 1.37 bits per heavy atom. The van der Waals surface area contributed by atoms with Crippen LogP contribution in [0.15, 0.2) is 30.5 Å². The summed E-state index contributed by atoms with van der Waals surface area (Å²) in [6, 6.07) is 7.74. The Bertz CT molecular complexity index is 546. The molecule has 2 aromatic rings. The summed E-state index contributed by atoms with van der Waals surface area (Å²) < 4.78 is 1.93. The topological polar surface area (TPSA) is 29.9 Å². The van der Waals surface area contributed by atoms with Crippen LogP contribution < -0.4 is 5.32 Å². The van der Waals surface area contributed by atoms with Gasteiger partial charge in [-0.2, -0.15) is 5.10 Å². The highest BCUT2D eigenvalue weighted by molar-refractivity contribution is 6.30. The molecule has 2 rings (SSSR count). The van der Waals surface area contributed by atoms with Gasteiger partial charge in [0.2, 0.25) is 0 Å². The number of halogens is 1. The Morgan fingerprint density at radius 3 is 2.84 bits per heavy atom. The monoisotopic (exact) mass is 277 g/mol. The van der Waals surface area contributed by atoms with Crippen molar-refractivity contribution in [2.45, 2.75) is 27.3 Å². The van der Waals surface area contributed by atoms with E-state index in [1.54, 1.807) is 0 Å². The van der Waals surface area contributed by atoms with Crippen molar-refractivity contribution in [2.24, 2.45) is 5.92 Å². The molecule has 19 heavy (non-hydrogen) atoms. The third kappa shape index (κ3) is 3.58. The molecule has 4 heteroatoms. The molecular formula is C15H20ClN3. The molecule has 0 aliphatic carbocycles. The van der Waals surface area contributed by atoms with E-state index in [1.807, 2.05) is 35.1 Å². The molecule has 0 amide bonds. The van der Waals surface area contributed by atoms with Gasteiger partial charge in [-0.25, -0.2) is 4.68 Å². The minimum atomic E-state index is 0.656. The maximum absolute atomic E-state index is 6.02. The van der Waals surface area contributed by atoms with Crippen LogP contribution in [-0.4, -0.2) is 16.3 Å². The van der Waals surface area contributed by atoms with Gasteiger partial charge in [0, 0.05) is 22.8 Å². The summed E-state index contributed by atoms with van der Waals surface area (Å²) in [5.74, 6) is 0.656. The summed E-state index contributed by atoms with van der Waals surface area (Å²) in [6.45, 7) is 8.36. The van der Waals surface area contributed by atoms with Gasteiger partial charge in [-0.1, -0.05) is 31.5 Å². The molecule has 0 aliphatic heterocycles. The van der Waals surface area contributed by atoms with E-state index in [4.69, 9.17) is 11.6 Å². The highest BCUT2D eigenvalue weighted by Crippen LogP contribution is 2.17. The summed E-state index contributed by atoms with van der Waals surface area (Å²) in [6.07, 6.45) is 1.92. The summed E-state index contributed by atoms with van der Waals surface area (Å²) in [5.41, 5.74) is 3.37. The number of nitrogens with zero attached hydrogens (tertiary/aromatic N) is 2. The van der Waals surface area contributed by atoms with E-state index in [1.165, 1.54) is 5.56 Å². The Morgan fingerprint density at radius 2 is 2.16 bits per heavy atom. The predicted molar refractivity (Wildman–Crippen MR) is 79.9 cm³/mol. The average molecular weight is 278 g/mol. The minimum Gasteiger partial charge on any atom is -0.312 e. The fourth-order valence-corrected chi connectivity index (χ4v) is 2.17. The van der Waals surface area contributed by atoms with E-state index in [0.29, 0.717) is 5.92 Å². The van der Waals surface area contributed by atoms with Crippen molar-refractivity contribution in [3.05, 3.63) is 46.7 Å². The first-order valence-electron chi connectivity index (χ1n) is 6.58. The lowest BCUT2D eigenvalue weighted by atomic mass is 10.2. The van der Waals surface area contributed by atoms with E-state index in [2.05, 4.69) is 31.2 Å². The largest absolute Gasteiger partial charge is 0.312 e. The van der Waals surface area contributed by atoms with E-state index in [9.17, 15) is 0 Å². The first-order chi connectivity index (χ1) is 9.08. The fraction of sp³-hybridized carbons (Fsp3) is 0.400. The molecule has 0 bridgehead atoms. The van der Waals surface area contributed by atoms with Gasteiger partial charge in [0.1, 0.15) is 0 Å². The normalized spacial score (nSPS) is 11.2. The van der Waals surface area contributed by atoms with E-state index < -0.39 is 0 Å². The van der Waals surface area contributed by atoms with Gasteiger partial charge in [-0.15, -0.1) is 0 Å². The Labute approximate surface area is 119 Å². The third-order valence-corrected chi connectivity index (χ3v) is 3.27. The van der Waals surface area contributed by atoms with Gasteiger partial charge in [0.15, 0.2) is 0 Å². The van der Waals surface area contributed by atoms with Crippen LogP contribution in [0.1, 0.15) is 25.1 Å². The van der Waals surface area contributed by atoms with Crippen LogP contribution >= 0.6 is 11.6 Å². The fourth-order valence-electron chi connectivity index (χ4n) is 1.98. The van der Waals surface area contributed by atoms with Crippen LogP contribution in [0.2, 0.25) is 5.02 Å². The molecule has 3 nitrogen and oxygen atoms in total. The molecule has 1 N–H and O–H groups in total. The number of aromatic nitrogens is 2. The minimum absolute atomic E-state index is 0.656. The molecule has 1 aromatic heterocycles. The number of hydrogen-bond acceptors (Lipinski definition) is 2. The summed E-state index contributed by atoms with van der Waals surface area (Å²) >= 11 is 6.02. The van der Waals surface area contributed by atoms with E-state index >= 15 is 0 Å². The lowest BCUT2D eigenvalue weighted by Crippen LogP contribution is -2.19. The van der Waals surface area contributed by atoms with Crippen LogP contribution in [-0.2, 0) is 6.54 Å². The van der Waals surface area contributed by atoms with Gasteiger partial charge < -0.3 is 5.32 Å². The number of hydrogen-bond donors (Lipinski definition) is 1. The molecule has 1 aromatic carbocycles. The zero-order chi connectivity index (χ0) is 13.8. The first kappa shape index (κ1) is 14.1. The maximum Gasteiger partial charge on any atom is 0.0663 e. The van der Waals surface area contributed by atoms with Crippen LogP contribution in [0.4, 0.5) is 0 Å². The standard InChI is InChI=1S/C15H20ClN3/c1-11(2)8-17-9-13-10-18-19(12(13)3)15-6-4-5-14(16)7-15/h4-7,10-11,17H,8-9H2,1-3H3. The van der Waals surface area contributed by atoms with Gasteiger partial charge in [-0.3, -0.25) is 0 Å². The average Bonchev–Trinajstić information content (AvgIpc) is 2.71. The highest BCUT2D eigenvalue weighted by Gasteiger charge is 2.08. The van der Waals surface area contributed by atoms with Crippen molar-refractivity contribution in [2.75, 3.05) is 6.54 Å². The van der Waals surface area contributed by atoms with Crippen LogP contribution in [0.5, 0.6) is 0 Å². The molecule has 0 unspecified atom stereocenters. The van der Waals surface area contributed by atoms with Gasteiger partial charge in [-0.05, 0) is 37.6 Å². The molecule has 0 saturated heterocycles. The quantitative estimate of drug-likeness (QED) is 0.905. The Balaban J connectivity index is 2.14. The van der Waals surface area contributed by atoms with Gasteiger partial charge in [0.25, 0.3) is 0 Å². The zero-order valence-corrected chi connectivity index (χ0v) is 12.4. The highest BCUT2D eigenvalue weighted by atomic mass is 35.5. The number of nitrogens with one attached hydrogen (secondary N) is 1. The van der Waals surface area contributed by atoms with E-state index in [-0.39, 0.29) is 0 Å². The summed E-state index contributed by atoms with van der Waals surface area (Å²) in [5, 5.41) is 8.61. The Hall–Kier alpha value is -1.32. The third-order valence-electron chi connectivity index (χ3n) is 3.03. The zero-order valence-electron chi connectivity index (χ0n) is 11.7. The van der Waals surface area contributed by atoms with E-state index in [0.717, 1.165) is 29.5 Å². The molecule has 0 radical (unpaired) electrons. The molecule has 0 spiro atoms. The van der Waals surface area contributed by atoms with Crippen LogP contribution in [0.3, 0.4) is 0 Å². The maximum atomic E-state index is 6.02. The lowest BCUT2D eigenvalue weighted by molar-refractivity contribution is 0.551. The number of rotatable bonds is 5. The second kappa shape index (κ2) is 6.22. The molecule has 0 saturated carbocycles. The SMILES string of the molecule is Cc1c(CNCC(C)C)cnn1-c1cccc(Cl)c1. The van der Waals surface area contributed by atoms with Gasteiger partial charge >= 0.3 is 0 Å². The van der Waals surface area contributed by atoms with Crippen molar-refractivity contribution in [3.63, 3.8) is 0 Å². The van der Waals surface area contributed by atoms with Crippen molar-refractivity contribution < 1.29 is 0 Å². The Kier molecular flexibility index (Phi) is 4.61. The predicted octanol–water partition coefficient (Wildman–Crippen LogP) is 3.58. The molecular weight excluding hydrogens is 258 g/mol. The second-order valence-corrected chi connectivity index (χ2v) is 5.61. The number of benzene rings is 1. The first-order valence-corrected chi connectivity index (χ1v) is 6.96. The van der Waals surface area contributed by atoms with Gasteiger partial charge in [0.05, 0.1) is 11.9 Å². The molecule has 0 aliphatic rings.